The molecule has 0 fully saturated rings. The normalized spacial score (nSPS) is 14.1. The second-order valence-corrected chi connectivity index (χ2v) is 3.44. The van der Waals surface area contributed by atoms with Crippen molar-refractivity contribution in [1.29, 1.82) is 0 Å². The average molecular weight is 260 g/mol. The maximum absolute atomic E-state index is 3.27. The summed E-state index contributed by atoms with van der Waals surface area (Å²) in [4.78, 5) is 4.24. The Hall–Kier alpha value is -0.310. The molecule has 2 nitrogen and oxygen atoms in total. The van der Waals surface area contributed by atoms with Crippen LogP contribution in [0.15, 0.2) is 12.4 Å². The van der Waals surface area contributed by atoms with Crippen LogP contribution in [0, 0.1) is 6.67 Å². The highest BCUT2D eigenvalue weighted by Crippen LogP contribution is 2.11. The van der Waals surface area contributed by atoms with Gasteiger partial charge in [0.2, 0.25) is 0 Å². The molecule has 0 aliphatic carbocycles. The summed E-state index contributed by atoms with van der Waals surface area (Å²) in [5.41, 5.74) is 0. The summed E-state index contributed by atoms with van der Waals surface area (Å²) in [7, 11) is 0. The molecule has 3 heteroatoms. The van der Waals surface area contributed by atoms with Gasteiger partial charge in [-0.2, -0.15) is 0 Å². The monoisotopic (exact) mass is 259 g/mol. The molecule has 81 valence electrons. The van der Waals surface area contributed by atoms with Crippen molar-refractivity contribution in [2.24, 2.45) is 0 Å². The highest BCUT2D eigenvalue weighted by molar-refractivity contribution is 4.96. The summed E-state index contributed by atoms with van der Waals surface area (Å²) in [5, 5.41) is 0. The van der Waals surface area contributed by atoms with E-state index >= 15 is 0 Å². The maximum atomic E-state index is 3.27. The van der Waals surface area contributed by atoms with Crippen molar-refractivity contribution < 1.29 is 17.0 Å². The predicted molar refractivity (Wildman–Crippen MR) is 55.6 cm³/mol. The van der Waals surface area contributed by atoms with E-state index in [0.717, 1.165) is 13.1 Å². The first-order chi connectivity index (χ1) is 6.36. The second kappa shape index (κ2) is 8.04. The molecular weight excluding hydrogens is 240 g/mol. The maximum Gasteiger partial charge on any atom is 0.564 e. The van der Waals surface area contributed by atoms with Crippen LogP contribution in [0.5, 0.6) is 0 Å². The molecule has 0 unspecified atom stereocenters. The fourth-order valence-electron chi connectivity index (χ4n) is 1.40. The Morgan fingerprint density at radius 3 is 2.29 bits per heavy atom. The molecule has 14 heavy (non-hydrogen) atoms. The van der Waals surface area contributed by atoms with Gasteiger partial charge in [-0.25, -0.2) is 0 Å². The van der Waals surface area contributed by atoms with Gasteiger partial charge in [0.15, 0.2) is 0 Å². The Balaban J connectivity index is 0.00000169. The number of unbranched alkanes of at least 4 members (excludes halogenated alkanes) is 3. The van der Waals surface area contributed by atoms with E-state index in [1.807, 2.05) is 0 Å². The van der Waals surface area contributed by atoms with Crippen molar-refractivity contribution in [2.75, 3.05) is 13.1 Å². The minimum absolute atomic E-state index is 0. The third-order valence-corrected chi connectivity index (χ3v) is 2.28. The van der Waals surface area contributed by atoms with E-state index in [4.69, 9.17) is 0 Å². The minimum atomic E-state index is 0. The minimum Gasteiger partial charge on any atom is -1.00 e. The summed E-state index contributed by atoms with van der Waals surface area (Å²) in [6.45, 7) is 9.79. The fourth-order valence-corrected chi connectivity index (χ4v) is 1.40. The van der Waals surface area contributed by atoms with E-state index in [1.54, 1.807) is 0 Å². The third-order valence-electron chi connectivity index (χ3n) is 2.28. The predicted octanol–water partition coefficient (Wildman–Crippen LogP) is -0.324. The van der Waals surface area contributed by atoms with Crippen molar-refractivity contribution >= 4 is 0 Å². The lowest BCUT2D eigenvalue weighted by Crippen LogP contribution is -3.00. The van der Waals surface area contributed by atoms with Crippen molar-refractivity contribution in [3.8, 4) is 0 Å². The van der Waals surface area contributed by atoms with Crippen LogP contribution in [0.25, 0.3) is 0 Å². The van der Waals surface area contributed by atoms with E-state index in [-0.39, 0.29) is 17.0 Å². The largest absolute Gasteiger partial charge is 1.00 e. The van der Waals surface area contributed by atoms with Crippen LogP contribution in [0.3, 0.4) is 0 Å². The number of halogens is 1. The number of hydrogen-bond donors (Lipinski definition) is 0. The summed E-state index contributed by atoms with van der Waals surface area (Å²) >= 11 is 0. The third kappa shape index (κ3) is 4.80. The molecule has 1 rings (SSSR count). The van der Waals surface area contributed by atoms with Gasteiger partial charge in [0.25, 0.3) is 0 Å². The topological polar surface area (TPSA) is 6.48 Å². The Morgan fingerprint density at radius 1 is 1.00 bits per heavy atom. The van der Waals surface area contributed by atoms with Crippen LogP contribution in [0.2, 0.25) is 0 Å². The van der Waals surface area contributed by atoms with Crippen LogP contribution >= 0.6 is 0 Å². The molecule has 1 aliphatic rings. The van der Waals surface area contributed by atoms with Gasteiger partial charge in [-0.05, 0) is 13.3 Å². The van der Waals surface area contributed by atoms with E-state index < -0.39 is 0 Å². The molecule has 0 spiro atoms. The Morgan fingerprint density at radius 2 is 1.71 bits per heavy atom. The van der Waals surface area contributed by atoms with Gasteiger partial charge in [-0.15, -0.1) is 9.80 Å². The summed E-state index contributed by atoms with van der Waals surface area (Å²) in [6.07, 6.45) is 9.48. The van der Waals surface area contributed by atoms with Crippen molar-refractivity contribution in [3.63, 3.8) is 0 Å². The summed E-state index contributed by atoms with van der Waals surface area (Å²) in [6, 6.07) is 0. The smallest absolute Gasteiger partial charge is 0.564 e. The van der Waals surface area contributed by atoms with Gasteiger partial charge in [-0.1, -0.05) is 26.2 Å². The Kier molecular flexibility index (Phi) is 7.86. The molecule has 0 atom stereocenters. The van der Waals surface area contributed by atoms with Gasteiger partial charge in [0, 0.05) is 0 Å². The standard InChI is InChI=1S/C11H20N2.BrH/c1-3-5-6-7-8-13-10-9-12(4-2)11-13;/h9-10H,3-8H2,1-2H3;1H/q+1;/p-1. The number of hydrogen-bond acceptors (Lipinski definition) is 2. The first kappa shape index (κ1) is 13.7. The van der Waals surface area contributed by atoms with Crippen LogP contribution < -0.4 is 17.0 Å². The quantitative estimate of drug-likeness (QED) is 0.477. The Bertz CT molecular complexity index is 159. The van der Waals surface area contributed by atoms with Gasteiger partial charge in [-0.3, -0.25) is 0 Å². The molecule has 0 saturated carbocycles. The molecule has 1 radical (unpaired) electrons. The molecular formula is C11H20BrN2. The van der Waals surface area contributed by atoms with Crippen LogP contribution in [0.4, 0.5) is 0 Å². The first-order valence-electron chi connectivity index (χ1n) is 5.34. The van der Waals surface area contributed by atoms with Gasteiger partial charge in [0.1, 0.15) is 0 Å². The van der Waals surface area contributed by atoms with E-state index in [2.05, 4.69) is 42.7 Å². The lowest BCUT2D eigenvalue weighted by Gasteiger charge is -2.02. The van der Waals surface area contributed by atoms with Gasteiger partial charge in [0.05, 0.1) is 25.5 Å². The summed E-state index contributed by atoms with van der Waals surface area (Å²) in [5.74, 6) is 0. The molecule has 1 aliphatic heterocycles. The highest BCUT2D eigenvalue weighted by Gasteiger charge is 2.28. The zero-order chi connectivity index (χ0) is 9.52. The molecule has 0 aromatic heterocycles. The molecule has 0 amide bonds. The van der Waals surface area contributed by atoms with Crippen molar-refractivity contribution in [2.45, 2.75) is 39.5 Å². The zero-order valence-electron chi connectivity index (χ0n) is 9.17. The molecule has 0 bridgehead atoms. The molecule has 0 aromatic carbocycles. The van der Waals surface area contributed by atoms with Crippen LogP contribution in [-0.4, -0.2) is 22.9 Å². The Labute approximate surface area is 98.7 Å². The van der Waals surface area contributed by atoms with E-state index in [0.29, 0.717) is 0 Å². The SMILES string of the molecule is CCCCCCN1[C+]N(CC)C=C1.[Br-]. The van der Waals surface area contributed by atoms with Crippen LogP contribution in [0.1, 0.15) is 39.5 Å². The molecule has 0 saturated heterocycles. The summed E-state index contributed by atoms with van der Waals surface area (Å²) < 4.78 is 0. The second-order valence-electron chi connectivity index (χ2n) is 3.44. The molecule has 0 aromatic rings. The van der Waals surface area contributed by atoms with Crippen LogP contribution in [-0.2, 0) is 0 Å². The lowest BCUT2D eigenvalue weighted by molar-refractivity contribution is -0.00000290. The molecule has 0 N–H and O–H groups in total. The van der Waals surface area contributed by atoms with E-state index in [1.165, 1.54) is 25.7 Å². The van der Waals surface area contributed by atoms with Crippen molar-refractivity contribution in [1.82, 2.24) is 9.80 Å². The van der Waals surface area contributed by atoms with Gasteiger partial charge >= 0.3 is 6.67 Å². The first-order valence-corrected chi connectivity index (χ1v) is 5.34. The van der Waals surface area contributed by atoms with E-state index in [9.17, 15) is 0 Å². The number of rotatable bonds is 6. The zero-order valence-corrected chi connectivity index (χ0v) is 10.8. The lowest BCUT2D eigenvalue weighted by atomic mass is 10.2. The number of nitrogens with zero attached hydrogens (tertiary/aromatic N) is 2. The highest BCUT2D eigenvalue weighted by atomic mass is 79.9. The fraction of sp³-hybridized carbons (Fsp3) is 0.727. The van der Waals surface area contributed by atoms with Gasteiger partial charge < -0.3 is 17.0 Å². The van der Waals surface area contributed by atoms with Crippen molar-refractivity contribution in [3.05, 3.63) is 19.1 Å². The average Bonchev–Trinajstić information content (AvgIpc) is 2.60. The molecule has 1 heterocycles.